The van der Waals surface area contributed by atoms with Crippen molar-refractivity contribution < 1.29 is 62.2 Å². The molecule has 0 saturated carbocycles. The summed E-state index contributed by atoms with van der Waals surface area (Å²) in [6, 6.07) is 0. The van der Waals surface area contributed by atoms with Crippen LogP contribution >= 0.6 is 0 Å². The third-order valence-corrected chi connectivity index (χ3v) is 0. The smallest absolute Gasteiger partial charge is 2.00 e. The summed E-state index contributed by atoms with van der Waals surface area (Å²) in [6.45, 7) is 0. The van der Waals surface area contributed by atoms with Crippen LogP contribution in [0.5, 0.6) is 0 Å². The van der Waals surface area contributed by atoms with Crippen molar-refractivity contribution in [2.24, 2.45) is 0 Å². The van der Waals surface area contributed by atoms with Crippen molar-refractivity contribution in [2.45, 2.75) is 0 Å². The van der Waals surface area contributed by atoms with Gasteiger partial charge in [-0.2, -0.15) is 0 Å². The Labute approximate surface area is 61.8 Å². The van der Waals surface area contributed by atoms with Crippen LogP contribution in [0.2, 0.25) is 0 Å². The predicted molar refractivity (Wildman–Crippen MR) is 0.686 cm³/mol. The van der Waals surface area contributed by atoms with Gasteiger partial charge in [0, 0.05) is 0 Å². The molecule has 0 N–H and O–H groups in total. The monoisotopic (exact) mass is 221 g/mol. The predicted octanol–water partition coefficient (Wildman–Crippen LogP) is -0.126. The second-order valence-electron chi connectivity index (χ2n) is 0. The van der Waals surface area contributed by atoms with E-state index in [1.165, 1.54) is 0 Å². The van der Waals surface area contributed by atoms with E-state index in [1.807, 2.05) is 0 Å². The maximum absolute atomic E-state index is 0. The summed E-state index contributed by atoms with van der Waals surface area (Å²) >= 11 is 0. The van der Waals surface area contributed by atoms with E-state index >= 15 is 0 Å². The molecule has 0 unspecified atom stereocenters. The zero-order valence-electron chi connectivity index (χ0n) is 1.62. The SMILES string of the molecule is [Fe+2].[Mo+4].[O-2].[V+5]. The van der Waals surface area contributed by atoms with Crippen molar-refractivity contribution >= 4 is 0 Å². The molecule has 16 valence electrons. The molecule has 0 amide bonds. The van der Waals surface area contributed by atoms with Gasteiger partial charge in [0.1, 0.15) is 0 Å². The van der Waals surface area contributed by atoms with Crippen LogP contribution in [0.4, 0.5) is 0 Å². The molecule has 0 rings (SSSR count). The Kier molecular flexibility index (Phi) is 231. The van der Waals surface area contributed by atoms with E-state index in [0.29, 0.717) is 0 Å². The van der Waals surface area contributed by atoms with Gasteiger partial charge in [0.05, 0.1) is 0 Å². The molecule has 0 aromatic rings. The van der Waals surface area contributed by atoms with Gasteiger partial charge < -0.3 is 5.48 Å². The van der Waals surface area contributed by atoms with Crippen molar-refractivity contribution in [2.75, 3.05) is 0 Å². The van der Waals surface area contributed by atoms with Crippen LogP contribution in [-0.4, -0.2) is 0 Å². The van der Waals surface area contributed by atoms with E-state index in [1.54, 1.807) is 0 Å². The molecule has 1 nitrogen and oxygen atoms in total. The number of rotatable bonds is 0. The minimum absolute atomic E-state index is 0. The first-order chi connectivity index (χ1) is 0. The van der Waals surface area contributed by atoms with Gasteiger partial charge in [-0.15, -0.1) is 0 Å². The summed E-state index contributed by atoms with van der Waals surface area (Å²) in [7, 11) is 0. The topological polar surface area (TPSA) is 28.5 Å². The van der Waals surface area contributed by atoms with Gasteiger partial charge in [0.25, 0.3) is 0 Å². The van der Waals surface area contributed by atoms with Crippen LogP contribution in [-0.2, 0) is 62.2 Å². The summed E-state index contributed by atoms with van der Waals surface area (Å²) in [6.07, 6.45) is 0. The summed E-state index contributed by atoms with van der Waals surface area (Å²) in [5, 5.41) is 0. The molecule has 0 fully saturated rings. The first-order valence-corrected chi connectivity index (χ1v) is 0. The molecule has 4 heteroatoms. The van der Waals surface area contributed by atoms with Crippen molar-refractivity contribution in [1.82, 2.24) is 0 Å². The van der Waals surface area contributed by atoms with Gasteiger partial charge in [-0.05, 0) is 0 Å². The average molecular weight is 219 g/mol. The van der Waals surface area contributed by atoms with E-state index in [0.717, 1.165) is 0 Å². The van der Waals surface area contributed by atoms with Crippen molar-refractivity contribution in [3.05, 3.63) is 0 Å². The molecule has 0 aliphatic heterocycles. The maximum atomic E-state index is 0. The van der Waals surface area contributed by atoms with Crippen molar-refractivity contribution in [3.8, 4) is 0 Å². The second kappa shape index (κ2) is 21.8. The van der Waals surface area contributed by atoms with E-state index in [2.05, 4.69) is 0 Å². The molecular weight excluding hydrogens is 219 g/mol. The Morgan fingerprint density at radius 2 is 1.00 bits per heavy atom. The van der Waals surface area contributed by atoms with Crippen molar-refractivity contribution in [1.29, 1.82) is 0 Å². The first-order valence-electron chi connectivity index (χ1n) is 0. The molecule has 0 heterocycles. The van der Waals surface area contributed by atoms with E-state index in [-0.39, 0.29) is 62.2 Å². The average Bonchev–Trinajstić information content (AvgIpc) is 0. The van der Waals surface area contributed by atoms with Crippen LogP contribution in [0.15, 0.2) is 0 Å². The fourth-order valence-electron chi connectivity index (χ4n) is 0. The molecule has 0 aromatic carbocycles. The van der Waals surface area contributed by atoms with Gasteiger partial charge in [0.2, 0.25) is 0 Å². The minimum Gasteiger partial charge on any atom is -2.00 e. The molecule has 0 radical (unpaired) electrons. The van der Waals surface area contributed by atoms with E-state index < -0.39 is 0 Å². The largest absolute Gasteiger partial charge is 5.00 e. The number of hydrogen-bond donors (Lipinski definition) is 0. The normalized spacial score (nSPS) is 0. The Balaban J connectivity index is 0. The van der Waals surface area contributed by atoms with Crippen LogP contribution < -0.4 is 0 Å². The van der Waals surface area contributed by atoms with Gasteiger partial charge >= 0.3 is 56.7 Å². The molecule has 0 bridgehead atoms. The van der Waals surface area contributed by atoms with E-state index in [9.17, 15) is 0 Å². The zero-order valence-corrected chi connectivity index (χ0v) is 6.13. The molecule has 4 heavy (non-hydrogen) atoms. The number of hydrogen-bond acceptors (Lipinski definition) is 0. The van der Waals surface area contributed by atoms with E-state index in [4.69, 9.17) is 0 Å². The van der Waals surface area contributed by atoms with Gasteiger partial charge in [-0.1, -0.05) is 0 Å². The molecular formula is FeMoOV+9. The summed E-state index contributed by atoms with van der Waals surface area (Å²) in [5.74, 6) is 0. The van der Waals surface area contributed by atoms with Gasteiger partial charge in [-0.3, -0.25) is 0 Å². The fourth-order valence-corrected chi connectivity index (χ4v) is 0. The van der Waals surface area contributed by atoms with Crippen LogP contribution in [0.3, 0.4) is 0 Å². The minimum atomic E-state index is 0. The maximum Gasteiger partial charge on any atom is 5.00 e. The van der Waals surface area contributed by atoms with Crippen LogP contribution in [0.25, 0.3) is 0 Å². The molecule has 0 aromatic heterocycles. The molecule has 0 aliphatic rings. The van der Waals surface area contributed by atoms with Gasteiger partial charge in [0.15, 0.2) is 0 Å². The molecule has 0 atom stereocenters. The zero-order chi connectivity index (χ0) is 0. The Morgan fingerprint density at radius 1 is 1.00 bits per heavy atom. The Bertz CT molecular complexity index is 8.00. The standard InChI is InChI=1S/Fe.Mo.O.V/q+2;+4;-2;+5. The second-order valence-corrected chi connectivity index (χ2v) is 0. The third kappa shape index (κ3) is 9.26. The molecule has 0 aliphatic carbocycles. The fraction of sp³-hybridized carbons (Fsp3) is 0. The Hall–Kier alpha value is 1.75. The third-order valence-electron chi connectivity index (χ3n) is 0. The van der Waals surface area contributed by atoms with Crippen LogP contribution in [0.1, 0.15) is 0 Å². The molecule has 0 spiro atoms. The molecule has 0 saturated heterocycles. The summed E-state index contributed by atoms with van der Waals surface area (Å²) in [4.78, 5) is 0. The van der Waals surface area contributed by atoms with Crippen LogP contribution in [0, 0.1) is 0 Å². The first kappa shape index (κ1) is 42.3. The summed E-state index contributed by atoms with van der Waals surface area (Å²) < 4.78 is 0. The Morgan fingerprint density at radius 3 is 1.00 bits per heavy atom. The summed E-state index contributed by atoms with van der Waals surface area (Å²) in [5.41, 5.74) is 0. The quantitative estimate of drug-likeness (QED) is 0.507. The van der Waals surface area contributed by atoms with Crippen molar-refractivity contribution in [3.63, 3.8) is 0 Å². The van der Waals surface area contributed by atoms with Gasteiger partial charge in [-0.25, -0.2) is 0 Å².